The van der Waals surface area contributed by atoms with E-state index < -0.39 is 0 Å². The number of halogens is 1. The average Bonchev–Trinajstić information content (AvgIpc) is 2.54. The van der Waals surface area contributed by atoms with Crippen LogP contribution in [0.3, 0.4) is 0 Å². The van der Waals surface area contributed by atoms with Gasteiger partial charge in [-0.1, -0.05) is 6.07 Å². The van der Waals surface area contributed by atoms with Crippen LogP contribution in [-0.2, 0) is 11.3 Å². The minimum Gasteiger partial charge on any atom is -0.383 e. The van der Waals surface area contributed by atoms with Gasteiger partial charge in [0, 0.05) is 11.6 Å². The van der Waals surface area contributed by atoms with E-state index >= 15 is 0 Å². The Kier molecular flexibility index (Phi) is 2.93. The Morgan fingerprint density at radius 1 is 1.53 bits per heavy atom. The third-order valence-corrected chi connectivity index (χ3v) is 2.94. The summed E-state index contributed by atoms with van der Waals surface area (Å²) in [6, 6.07) is 5.72. The van der Waals surface area contributed by atoms with Gasteiger partial charge < -0.3 is 9.72 Å². The number of hydrogen-bond acceptors (Lipinski definition) is 2. The minimum atomic E-state index is -0.103. The number of methoxy groups -OCH3 is 1. The van der Waals surface area contributed by atoms with Crippen LogP contribution in [0.25, 0.3) is 11.0 Å². The van der Waals surface area contributed by atoms with Gasteiger partial charge in [0.2, 0.25) is 0 Å². The Hall–Kier alpha value is -1.07. The molecule has 0 radical (unpaired) electrons. The number of rotatable bonds is 3. The first kappa shape index (κ1) is 10.4. The molecule has 0 aliphatic carbocycles. The predicted molar refractivity (Wildman–Crippen MR) is 62.1 cm³/mol. The summed E-state index contributed by atoms with van der Waals surface area (Å²) in [4.78, 5) is 14.4. The van der Waals surface area contributed by atoms with E-state index in [0.29, 0.717) is 13.2 Å². The zero-order valence-corrected chi connectivity index (χ0v) is 9.87. The maximum absolute atomic E-state index is 11.6. The van der Waals surface area contributed by atoms with Crippen LogP contribution >= 0.6 is 15.9 Å². The zero-order chi connectivity index (χ0) is 10.8. The van der Waals surface area contributed by atoms with E-state index in [1.54, 1.807) is 11.7 Å². The highest BCUT2D eigenvalue weighted by Crippen LogP contribution is 2.20. The molecule has 2 aromatic rings. The fraction of sp³-hybridized carbons (Fsp3) is 0.300. The van der Waals surface area contributed by atoms with Gasteiger partial charge in [-0.25, -0.2) is 4.79 Å². The highest BCUT2D eigenvalue weighted by Gasteiger charge is 2.07. The van der Waals surface area contributed by atoms with E-state index in [-0.39, 0.29) is 5.69 Å². The third-order valence-electron chi connectivity index (χ3n) is 2.28. The highest BCUT2D eigenvalue weighted by molar-refractivity contribution is 9.10. The lowest BCUT2D eigenvalue weighted by Crippen LogP contribution is -2.18. The van der Waals surface area contributed by atoms with Crippen LogP contribution in [0.4, 0.5) is 0 Å². The summed E-state index contributed by atoms with van der Waals surface area (Å²) in [6.07, 6.45) is 0. The van der Waals surface area contributed by atoms with Gasteiger partial charge in [0.05, 0.1) is 24.2 Å². The summed E-state index contributed by atoms with van der Waals surface area (Å²) in [5, 5.41) is 0. The number of nitrogens with one attached hydrogen (secondary N) is 1. The van der Waals surface area contributed by atoms with Gasteiger partial charge >= 0.3 is 5.69 Å². The molecule has 1 aromatic heterocycles. The summed E-state index contributed by atoms with van der Waals surface area (Å²) < 4.78 is 7.53. The van der Waals surface area contributed by atoms with Crippen molar-refractivity contribution < 1.29 is 4.74 Å². The van der Waals surface area contributed by atoms with Gasteiger partial charge in [0.15, 0.2) is 0 Å². The lowest BCUT2D eigenvalue weighted by molar-refractivity contribution is 0.187. The van der Waals surface area contributed by atoms with Crippen molar-refractivity contribution in [1.29, 1.82) is 0 Å². The van der Waals surface area contributed by atoms with Crippen molar-refractivity contribution in [3.05, 3.63) is 33.2 Å². The first-order valence-corrected chi connectivity index (χ1v) is 5.39. The molecule has 0 bridgehead atoms. The second-order valence-electron chi connectivity index (χ2n) is 3.21. The minimum absolute atomic E-state index is 0.103. The van der Waals surface area contributed by atoms with Crippen LogP contribution in [0, 0.1) is 0 Å². The maximum Gasteiger partial charge on any atom is 0.326 e. The van der Waals surface area contributed by atoms with Crippen molar-refractivity contribution in [2.75, 3.05) is 13.7 Å². The molecule has 15 heavy (non-hydrogen) atoms. The maximum atomic E-state index is 11.6. The van der Waals surface area contributed by atoms with Gasteiger partial charge in [-0.3, -0.25) is 4.57 Å². The number of H-pyrrole nitrogens is 1. The fourth-order valence-electron chi connectivity index (χ4n) is 1.55. The lowest BCUT2D eigenvalue weighted by Gasteiger charge is -2.01. The fourth-order valence-corrected chi connectivity index (χ4v) is 2.00. The molecular formula is C10H11BrN2O2. The van der Waals surface area contributed by atoms with E-state index in [4.69, 9.17) is 4.74 Å². The molecule has 80 valence electrons. The van der Waals surface area contributed by atoms with E-state index in [9.17, 15) is 4.79 Å². The largest absolute Gasteiger partial charge is 0.383 e. The van der Waals surface area contributed by atoms with Gasteiger partial charge in [-0.15, -0.1) is 0 Å². The third kappa shape index (κ3) is 1.85. The number of hydrogen-bond donors (Lipinski definition) is 1. The number of benzene rings is 1. The summed E-state index contributed by atoms with van der Waals surface area (Å²) >= 11 is 3.40. The SMILES string of the molecule is COCCn1c(=O)[nH]c2c(Br)cccc21. The Labute approximate surface area is 95.0 Å². The molecule has 5 heteroatoms. The standard InChI is InChI=1S/C10H11BrN2O2/c1-15-6-5-13-8-4-2-3-7(11)9(8)12-10(13)14/h2-4H,5-6H2,1H3,(H,12,14). The molecule has 0 fully saturated rings. The second-order valence-corrected chi connectivity index (χ2v) is 4.06. The quantitative estimate of drug-likeness (QED) is 0.924. The smallest absolute Gasteiger partial charge is 0.326 e. The Morgan fingerprint density at radius 3 is 3.07 bits per heavy atom. The molecule has 4 nitrogen and oxygen atoms in total. The van der Waals surface area contributed by atoms with E-state index in [0.717, 1.165) is 15.5 Å². The number of aromatic amines is 1. The van der Waals surface area contributed by atoms with Gasteiger partial charge in [0.1, 0.15) is 0 Å². The number of ether oxygens (including phenoxy) is 1. The van der Waals surface area contributed by atoms with Crippen LogP contribution in [-0.4, -0.2) is 23.3 Å². The molecule has 0 saturated carbocycles. The zero-order valence-electron chi connectivity index (χ0n) is 8.29. The Morgan fingerprint density at radius 2 is 2.33 bits per heavy atom. The van der Waals surface area contributed by atoms with Crippen LogP contribution in [0.2, 0.25) is 0 Å². The molecule has 0 unspecified atom stereocenters. The van der Waals surface area contributed by atoms with Crippen LogP contribution in [0.1, 0.15) is 0 Å². The topological polar surface area (TPSA) is 47.0 Å². The van der Waals surface area contributed by atoms with Gasteiger partial charge in [-0.05, 0) is 28.1 Å². The molecule has 0 spiro atoms. The first-order valence-electron chi connectivity index (χ1n) is 4.60. The number of aromatic nitrogens is 2. The van der Waals surface area contributed by atoms with Crippen molar-refractivity contribution in [3.63, 3.8) is 0 Å². The molecule has 0 saturated heterocycles. The Balaban J connectivity index is 2.58. The Bertz CT molecular complexity index is 530. The van der Waals surface area contributed by atoms with Crippen LogP contribution in [0.15, 0.2) is 27.5 Å². The number of para-hydroxylation sites is 1. The van der Waals surface area contributed by atoms with Gasteiger partial charge in [-0.2, -0.15) is 0 Å². The van der Waals surface area contributed by atoms with Crippen LogP contribution < -0.4 is 5.69 Å². The van der Waals surface area contributed by atoms with Crippen molar-refractivity contribution >= 4 is 27.0 Å². The lowest BCUT2D eigenvalue weighted by atomic mass is 10.3. The predicted octanol–water partition coefficient (Wildman–Crippen LogP) is 1.74. The average molecular weight is 271 g/mol. The summed E-state index contributed by atoms with van der Waals surface area (Å²) in [5.74, 6) is 0. The molecule has 0 aliphatic heterocycles. The molecule has 0 amide bonds. The molecular weight excluding hydrogens is 260 g/mol. The van der Waals surface area contributed by atoms with E-state index in [2.05, 4.69) is 20.9 Å². The normalized spacial score (nSPS) is 11.1. The molecule has 1 N–H and O–H groups in total. The van der Waals surface area contributed by atoms with Crippen molar-refractivity contribution in [3.8, 4) is 0 Å². The highest BCUT2D eigenvalue weighted by atomic mass is 79.9. The molecule has 1 aromatic carbocycles. The molecule has 0 aliphatic rings. The van der Waals surface area contributed by atoms with Crippen molar-refractivity contribution in [2.45, 2.75) is 6.54 Å². The van der Waals surface area contributed by atoms with Crippen molar-refractivity contribution in [2.24, 2.45) is 0 Å². The molecule has 0 atom stereocenters. The second kappa shape index (κ2) is 4.20. The summed E-state index contributed by atoms with van der Waals surface area (Å²) in [5.41, 5.74) is 1.62. The summed E-state index contributed by atoms with van der Waals surface area (Å²) in [6.45, 7) is 1.09. The molecule has 2 rings (SSSR count). The van der Waals surface area contributed by atoms with E-state index in [1.807, 2.05) is 18.2 Å². The number of nitrogens with zero attached hydrogens (tertiary/aromatic N) is 1. The van der Waals surface area contributed by atoms with Crippen LogP contribution in [0.5, 0.6) is 0 Å². The van der Waals surface area contributed by atoms with E-state index in [1.165, 1.54) is 0 Å². The molecule has 1 heterocycles. The van der Waals surface area contributed by atoms with Crippen molar-refractivity contribution in [1.82, 2.24) is 9.55 Å². The van der Waals surface area contributed by atoms with Gasteiger partial charge in [0.25, 0.3) is 0 Å². The monoisotopic (exact) mass is 270 g/mol. The first-order chi connectivity index (χ1) is 7.24. The number of imidazole rings is 1. The summed E-state index contributed by atoms with van der Waals surface area (Å²) in [7, 11) is 1.62. The number of fused-ring (bicyclic) bond motifs is 1.